The van der Waals surface area contributed by atoms with Gasteiger partial charge in [-0.15, -0.1) is 0 Å². The zero-order valence-corrected chi connectivity index (χ0v) is 17.2. The second-order valence-electron chi connectivity index (χ2n) is 7.25. The van der Waals surface area contributed by atoms with Gasteiger partial charge in [-0.25, -0.2) is 9.78 Å². The summed E-state index contributed by atoms with van der Waals surface area (Å²) in [6.45, 7) is 4.47. The molecule has 0 unspecified atom stereocenters. The van der Waals surface area contributed by atoms with Crippen LogP contribution in [-0.4, -0.2) is 33.6 Å². The van der Waals surface area contributed by atoms with Crippen LogP contribution in [0.3, 0.4) is 0 Å². The number of benzene rings is 2. The Morgan fingerprint density at radius 1 is 1.14 bits per heavy atom. The molecule has 3 aromatic rings. The van der Waals surface area contributed by atoms with Crippen LogP contribution in [0.1, 0.15) is 18.7 Å². The molecule has 1 fully saturated rings. The molecule has 0 radical (unpaired) electrons. The third kappa shape index (κ3) is 3.96. The maximum absolute atomic E-state index is 12.5. The van der Waals surface area contributed by atoms with Gasteiger partial charge in [0.15, 0.2) is 0 Å². The molecule has 0 atom stereocenters. The van der Waals surface area contributed by atoms with E-state index in [9.17, 15) is 4.79 Å². The number of para-hydroxylation sites is 2. The van der Waals surface area contributed by atoms with Crippen molar-refractivity contribution in [2.45, 2.75) is 26.3 Å². The van der Waals surface area contributed by atoms with Gasteiger partial charge in [0.2, 0.25) is 0 Å². The fourth-order valence-electron chi connectivity index (χ4n) is 3.78. The first-order chi connectivity index (χ1) is 13.5. The summed E-state index contributed by atoms with van der Waals surface area (Å²) in [6, 6.07) is 13.3. The molecule has 1 aromatic heterocycles. The summed E-state index contributed by atoms with van der Waals surface area (Å²) in [5.74, 6) is 1.58. The largest absolute Gasteiger partial charge is 0.328 e. The summed E-state index contributed by atoms with van der Waals surface area (Å²) in [5, 5.41) is 3.81. The fraction of sp³-hybridized carbons (Fsp3) is 0.333. The van der Waals surface area contributed by atoms with E-state index in [2.05, 4.69) is 40.0 Å². The Labute approximate surface area is 174 Å². The molecule has 0 spiro atoms. The summed E-state index contributed by atoms with van der Waals surface area (Å²) >= 11 is 11.9. The number of aryl methyl sites for hydroxylation is 1. The lowest BCUT2D eigenvalue weighted by Crippen LogP contribution is -2.41. The molecule has 2 amide bonds. The number of anilines is 1. The third-order valence-corrected chi connectivity index (χ3v) is 6.10. The van der Waals surface area contributed by atoms with Gasteiger partial charge in [-0.1, -0.05) is 35.3 Å². The van der Waals surface area contributed by atoms with Crippen molar-refractivity contribution in [3.63, 3.8) is 0 Å². The minimum atomic E-state index is -0.0962. The van der Waals surface area contributed by atoms with Crippen molar-refractivity contribution in [2.24, 2.45) is 5.92 Å². The molecule has 1 saturated heterocycles. The van der Waals surface area contributed by atoms with E-state index in [4.69, 9.17) is 23.2 Å². The number of hydrogen-bond acceptors (Lipinski definition) is 2. The molecule has 1 aliphatic rings. The predicted molar refractivity (Wildman–Crippen MR) is 114 cm³/mol. The lowest BCUT2D eigenvalue weighted by atomic mass is 9.97. The highest BCUT2D eigenvalue weighted by Gasteiger charge is 2.24. The van der Waals surface area contributed by atoms with E-state index >= 15 is 0 Å². The Morgan fingerprint density at radius 3 is 2.64 bits per heavy atom. The molecule has 2 heterocycles. The van der Waals surface area contributed by atoms with Gasteiger partial charge in [-0.3, -0.25) is 0 Å². The first-order valence-corrected chi connectivity index (χ1v) is 10.2. The standard InChI is InChI=1S/C21H22Cl2N4O/c1-14-24-19-4-2-3-5-20(19)27(14)13-15-8-10-26(11-9-15)21(28)25-16-6-7-17(22)18(23)12-16/h2-7,12,15H,8-11,13H2,1H3,(H,25,28). The minimum absolute atomic E-state index is 0.0962. The number of urea groups is 1. The molecule has 2 aromatic carbocycles. The van der Waals surface area contributed by atoms with Gasteiger partial charge in [-0.05, 0) is 56.0 Å². The number of halogens is 2. The molecule has 5 nitrogen and oxygen atoms in total. The van der Waals surface area contributed by atoms with Gasteiger partial charge in [0, 0.05) is 25.3 Å². The van der Waals surface area contributed by atoms with Crippen LogP contribution in [0.2, 0.25) is 10.0 Å². The molecule has 1 aliphatic heterocycles. The van der Waals surface area contributed by atoms with Gasteiger partial charge >= 0.3 is 6.03 Å². The van der Waals surface area contributed by atoms with Crippen LogP contribution in [0.15, 0.2) is 42.5 Å². The quantitative estimate of drug-likeness (QED) is 0.604. The number of likely N-dealkylation sites (tertiary alicyclic amines) is 1. The van der Waals surface area contributed by atoms with E-state index in [-0.39, 0.29) is 6.03 Å². The molecular formula is C21H22Cl2N4O. The molecule has 146 valence electrons. The van der Waals surface area contributed by atoms with Gasteiger partial charge in [0.05, 0.1) is 21.1 Å². The molecule has 28 heavy (non-hydrogen) atoms. The monoisotopic (exact) mass is 416 g/mol. The maximum Gasteiger partial charge on any atom is 0.321 e. The molecule has 1 N–H and O–H groups in total. The first-order valence-electron chi connectivity index (χ1n) is 9.44. The van der Waals surface area contributed by atoms with Gasteiger partial charge in [0.25, 0.3) is 0 Å². The number of carbonyl (C=O) groups is 1. The maximum atomic E-state index is 12.5. The molecule has 0 saturated carbocycles. The normalized spacial score (nSPS) is 15.2. The molecular weight excluding hydrogens is 395 g/mol. The van der Waals surface area contributed by atoms with E-state index in [1.807, 2.05) is 11.0 Å². The highest BCUT2D eigenvalue weighted by atomic mass is 35.5. The SMILES string of the molecule is Cc1nc2ccccc2n1CC1CCN(C(=O)Nc2ccc(Cl)c(Cl)c2)CC1. The number of piperidine rings is 1. The summed E-state index contributed by atoms with van der Waals surface area (Å²) < 4.78 is 2.30. The van der Waals surface area contributed by atoms with Crippen molar-refractivity contribution >= 4 is 46.0 Å². The topological polar surface area (TPSA) is 50.2 Å². The Bertz CT molecular complexity index is 1010. The summed E-state index contributed by atoms with van der Waals surface area (Å²) in [5.41, 5.74) is 2.88. The number of amides is 2. The number of hydrogen-bond donors (Lipinski definition) is 1. The van der Waals surface area contributed by atoms with Crippen LogP contribution < -0.4 is 5.32 Å². The van der Waals surface area contributed by atoms with Crippen molar-refractivity contribution < 1.29 is 4.79 Å². The Balaban J connectivity index is 1.35. The van der Waals surface area contributed by atoms with Crippen molar-refractivity contribution in [3.05, 3.63) is 58.3 Å². The number of rotatable bonds is 3. The highest BCUT2D eigenvalue weighted by molar-refractivity contribution is 6.42. The lowest BCUT2D eigenvalue weighted by Gasteiger charge is -2.32. The van der Waals surface area contributed by atoms with Gasteiger partial charge in [0.1, 0.15) is 5.82 Å². The predicted octanol–water partition coefficient (Wildman–Crippen LogP) is 5.60. The second kappa shape index (κ2) is 8.02. The van der Waals surface area contributed by atoms with Crippen molar-refractivity contribution in [2.75, 3.05) is 18.4 Å². The fourth-order valence-corrected chi connectivity index (χ4v) is 4.08. The van der Waals surface area contributed by atoms with Crippen LogP contribution in [-0.2, 0) is 6.54 Å². The number of fused-ring (bicyclic) bond motifs is 1. The Hall–Kier alpha value is -2.24. The van der Waals surface area contributed by atoms with Crippen LogP contribution in [0.4, 0.5) is 10.5 Å². The van der Waals surface area contributed by atoms with Gasteiger partial charge in [-0.2, -0.15) is 0 Å². The number of aromatic nitrogens is 2. The Kier molecular flexibility index (Phi) is 5.47. The summed E-state index contributed by atoms with van der Waals surface area (Å²) in [6.07, 6.45) is 1.95. The third-order valence-electron chi connectivity index (χ3n) is 5.36. The van der Waals surface area contributed by atoms with Crippen LogP contribution in [0.25, 0.3) is 11.0 Å². The van der Waals surface area contributed by atoms with E-state index in [1.54, 1.807) is 18.2 Å². The molecule has 7 heteroatoms. The second-order valence-corrected chi connectivity index (χ2v) is 8.06. The zero-order valence-electron chi connectivity index (χ0n) is 15.7. The van der Waals surface area contributed by atoms with Crippen molar-refractivity contribution in [1.82, 2.24) is 14.5 Å². The molecule has 0 aliphatic carbocycles. The van der Waals surface area contributed by atoms with Crippen LogP contribution in [0.5, 0.6) is 0 Å². The summed E-state index contributed by atoms with van der Waals surface area (Å²) in [7, 11) is 0. The zero-order chi connectivity index (χ0) is 19.7. The Morgan fingerprint density at radius 2 is 1.89 bits per heavy atom. The number of nitrogens with one attached hydrogen (secondary N) is 1. The minimum Gasteiger partial charge on any atom is -0.328 e. The van der Waals surface area contributed by atoms with E-state index < -0.39 is 0 Å². The van der Waals surface area contributed by atoms with Gasteiger partial charge < -0.3 is 14.8 Å². The van der Waals surface area contributed by atoms with Crippen molar-refractivity contribution in [1.29, 1.82) is 0 Å². The van der Waals surface area contributed by atoms with Crippen LogP contribution in [0, 0.1) is 12.8 Å². The number of carbonyl (C=O) groups excluding carboxylic acids is 1. The first kappa shape index (κ1) is 19.1. The average molecular weight is 417 g/mol. The number of imidazole rings is 1. The van der Waals surface area contributed by atoms with Crippen molar-refractivity contribution in [3.8, 4) is 0 Å². The highest BCUT2D eigenvalue weighted by Crippen LogP contribution is 2.26. The van der Waals surface area contributed by atoms with Crippen LogP contribution >= 0.6 is 23.2 Å². The van der Waals surface area contributed by atoms with E-state index in [0.717, 1.165) is 43.8 Å². The van der Waals surface area contributed by atoms with E-state index in [1.165, 1.54) is 5.52 Å². The molecule has 4 rings (SSSR count). The number of nitrogens with zero attached hydrogens (tertiary/aromatic N) is 3. The molecule has 0 bridgehead atoms. The summed E-state index contributed by atoms with van der Waals surface area (Å²) in [4.78, 5) is 19.0. The lowest BCUT2D eigenvalue weighted by molar-refractivity contribution is 0.177. The average Bonchev–Trinajstić information content (AvgIpc) is 3.01. The smallest absolute Gasteiger partial charge is 0.321 e. The van der Waals surface area contributed by atoms with E-state index in [0.29, 0.717) is 21.7 Å².